The van der Waals surface area contributed by atoms with Gasteiger partial charge in [-0.05, 0) is 31.1 Å². The molecule has 0 radical (unpaired) electrons. The molecule has 1 nitrogen and oxygen atoms in total. The summed E-state index contributed by atoms with van der Waals surface area (Å²) < 4.78 is 5.94. The van der Waals surface area contributed by atoms with Gasteiger partial charge in [0.25, 0.3) is 0 Å². The molecule has 0 saturated heterocycles. The third-order valence-corrected chi connectivity index (χ3v) is 3.57. The number of rotatable bonds is 7. The fraction of sp³-hybridized carbons (Fsp3) is 1.00. The van der Waals surface area contributed by atoms with Gasteiger partial charge in [0.05, 0.1) is 5.60 Å². The van der Waals surface area contributed by atoms with E-state index in [1.807, 2.05) is 0 Å². The van der Waals surface area contributed by atoms with E-state index in [9.17, 15) is 0 Å². The van der Waals surface area contributed by atoms with Crippen LogP contribution in [-0.4, -0.2) is 16.1 Å². The molecule has 0 atom stereocenters. The molecule has 0 aromatic carbocycles. The van der Waals surface area contributed by atoms with Crippen LogP contribution in [0.2, 0.25) is 0 Å². The zero-order chi connectivity index (χ0) is 11.2. The predicted octanol–water partition coefficient (Wildman–Crippen LogP) is 2.91. The fourth-order valence-corrected chi connectivity index (χ4v) is 3.04. The van der Waals surface area contributed by atoms with Gasteiger partial charge in [0.1, 0.15) is 10.5 Å². The van der Waals surface area contributed by atoms with Gasteiger partial charge in [0.15, 0.2) is 0 Å². The normalized spacial score (nSPS) is 13.1. The Morgan fingerprint density at radius 3 is 1.71 bits per heavy atom. The van der Waals surface area contributed by atoms with Crippen LogP contribution in [0.25, 0.3) is 0 Å². The van der Waals surface area contributed by atoms with Crippen molar-refractivity contribution in [1.29, 1.82) is 0 Å². The highest BCUT2D eigenvalue weighted by molar-refractivity contribution is 5.98. The summed E-state index contributed by atoms with van der Waals surface area (Å²) in [5, 5.41) is 0. The lowest BCUT2D eigenvalue weighted by atomic mass is 9.82. The molecule has 0 aliphatic heterocycles. The summed E-state index contributed by atoms with van der Waals surface area (Å²) in [5.74, 6) is 1.49. The third kappa shape index (κ3) is 5.16. The Kier molecular flexibility index (Phi) is 6.71. The van der Waals surface area contributed by atoms with Gasteiger partial charge in [-0.15, -0.1) is 0 Å². The van der Waals surface area contributed by atoms with Crippen molar-refractivity contribution in [2.45, 2.75) is 65.9 Å². The summed E-state index contributed by atoms with van der Waals surface area (Å²) in [7, 11) is 0.871. The molecular formula is C12H28OSi. The van der Waals surface area contributed by atoms with E-state index in [-0.39, 0.29) is 5.60 Å². The van der Waals surface area contributed by atoms with Crippen molar-refractivity contribution in [1.82, 2.24) is 0 Å². The van der Waals surface area contributed by atoms with Crippen molar-refractivity contribution in [2.24, 2.45) is 11.8 Å². The second kappa shape index (κ2) is 6.62. The van der Waals surface area contributed by atoms with E-state index in [1.54, 1.807) is 0 Å². The molecule has 0 amide bonds. The zero-order valence-corrected chi connectivity index (χ0v) is 12.9. The molecule has 0 unspecified atom stereocenters. The molecule has 14 heavy (non-hydrogen) atoms. The third-order valence-electron chi connectivity index (χ3n) is 2.70. The number of hydrogen-bond acceptors (Lipinski definition) is 1. The lowest BCUT2D eigenvalue weighted by Gasteiger charge is -2.36. The average Bonchev–Trinajstić information content (AvgIpc) is 2.02. The molecule has 0 spiro atoms. The Morgan fingerprint density at radius 1 is 1.07 bits per heavy atom. The van der Waals surface area contributed by atoms with Gasteiger partial charge >= 0.3 is 0 Å². The van der Waals surface area contributed by atoms with Crippen LogP contribution in [0.3, 0.4) is 0 Å². The monoisotopic (exact) mass is 216 g/mol. The van der Waals surface area contributed by atoms with E-state index >= 15 is 0 Å². The van der Waals surface area contributed by atoms with Crippen molar-refractivity contribution in [3.05, 3.63) is 0 Å². The van der Waals surface area contributed by atoms with E-state index < -0.39 is 0 Å². The summed E-state index contributed by atoms with van der Waals surface area (Å²) in [6, 6.07) is 0. The molecule has 0 aliphatic carbocycles. The average molecular weight is 216 g/mol. The fourth-order valence-electron chi connectivity index (χ4n) is 2.50. The predicted molar refractivity (Wildman–Crippen MR) is 67.6 cm³/mol. The first-order chi connectivity index (χ1) is 6.45. The largest absolute Gasteiger partial charge is 0.422 e. The molecule has 0 aliphatic rings. The SMILES string of the molecule is CCCC(CC(C)C)(CC(C)C)O[SiH3]. The van der Waals surface area contributed by atoms with E-state index in [0.29, 0.717) is 0 Å². The minimum absolute atomic E-state index is 0.198. The summed E-state index contributed by atoms with van der Waals surface area (Å²) in [5.41, 5.74) is 0.198. The van der Waals surface area contributed by atoms with Crippen LogP contribution < -0.4 is 0 Å². The minimum atomic E-state index is 0.198. The van der Waals surface area contributed by atoms with Crippen LogP contribution in [-0.2, 0) is 4.43 Å². The highest BCUT2D eigenvalue weighted by Crippen LogP contribution is 2.32. The highest BCUT2D eigenvalue weighted by atomic mass is 28.2. The molecular weight excluding hydrogens is 188 g/mol. The van der Waals surface area contributed by atoms with E-state index in [2.05, 4.69) is 34.6 Å². The van der Waals surface area contributed by atoms with Gasteiger partial charge in [-0.1, -0.05) is 41.0 Å². The lowest BCUT2D eigenvalue weighted by Crippen LogP contribution is -2.35. The summed E-state index contributed by atoms with van der Waals surface area (Å²) in [4.78, 5) is 0. The second-order valence-electron chi connectivity index (χ2n) is 5.33. The molecule has 0 rings (SSSR count). The van der Waals surface area contributed by atoms with Crippen molar-refractivity contribution in [2.75, 3.05) is 0 Å². The minimum Gasteiger partial charge on any atom is -0.422 e. The first-order valence-corrected chi connectivity index (χ1v) is 6.82. The van der Waals surface area contributed by atoms with Crippen LogP contribution in [0.15, 0.2) is 0 Å². The van der Waals surface area contributed by atoms with Gasteiger partial charge < -0.3 is 4.43 Å². The molecule has 0 aromatic heterocycles. The van der Waals surface area contributed by atoms with Gasteiger partial charge in [-0.2, -0.15) is 0 Å². The first kappa shape index (κ1) is 14.2. The van der Waals surface area contributed by atoms with Crippen LogP contribution in [0.5, 0.6) is 0 Å². The smallest absolute Gasteiger partial charge is 0.146 e. The highest BCUT2D eigenvalue weighted by Gasteiger charge is 2.29. The quantitative estimate of drug-likeness (QED) is 0.595. The van der Waals surface area contributed by atoms with Crippen molar-refractivity contribution >= 4 is 10.5 Å². The van der Waals surface area contributed by atoms with Gasteiger partial charge in [-0.25, -0.2) is 0 Å². The van der Waals surface area contributed by atoms with Crippen LogP contribution >= 0.6 is 0 Å². The Morgan fingerprint density at radius 2 is 1.50 bits per heavy atom. The second-order valence-corrected chi connectivity index (χ2v) is 5.74. The van der Waals surface area contributed by atoms with Gasteiger partial charge in [-0.3, -0.25) is 0 Å². The van der Waals surface area contributed by atoms with Gasteiger partial charge in [0, 0.05) is 0 Å². The molecule has 0 heterocycles. The molecule has 0 aromatic rings. The van der Waals surface area contributed by atoms with Crippen molar-refractivity contribution in [3.63, 3.8) is 0 Å². The first-order valence-electron chi connectivity index (χ1n) is 6.01. The Bertz CT molecular complexity index is 133. The van der Waals surface area contributed by atoms with Gasteiger partial charge in [0.2, 0.25) is 0 Å². The Labute approximate surface area is 93.2 Å². The van der Waals surface area contributed by atoms with Crippen LogP contribution in [0.4, 0.5) is 0 Å². The number of hydrogen-bond donors (Lipinski definition) is 0. The molecule has 2 heteroatoms. The Hall–Kier alpha value is 0.177. The van der Waals surface area contributed by atoms with E-state index in [0.717, 1.165) is 22.3 Å². The molecule has 0 N–H and O–H groups in total. The maximum Gasteiger partial charge on any atom is 0.146 e. The van der Waals surface area contributed by atoms with Crippen LogP contribution in [0.1, 0.15) is 60.3 Å². The van der Waals surface area contributed by atoms with E-state index in [4.69, 9.17) is 4.43 Å². The summed E-state index contributed by atoms with van der Waals surface area (Å²) in [6.07, 6.45) is 4.92. The Balaban J connectivity index is 4.42. The van der Waals surface area contributed by atoms with E-state index in [1.165, 1.54) is 25.7 Å². The lowest BCUT2D eigenvalue weighted by molar-refractivity contribution is 0.0255. The summed E-state index contributed by atoms with van der Waals surface area (Å²) >= 11 is 0. The molecule has 0 saturated carbocycles. The topological polar surface area (TPSA) is 9.23 Å². The van der Waals surface area contributed by atoms with Crippen LogP contribution in [0, 0.1) is 11.8 Å². The standard InChI is InChI=1S/C12H28OSi/c1-6-7-12(13-14,8-10(2)3)9-11(4)5/h10-11H,6-9H2,1-5,14H3. The summed E-state index contributed by atoms with van der Waals surface area (Å²) in [6.45, 7) is 11.4. The van der Waals surface area contributed by atoms with Crippen molar-refractivity contribution < 1.29 is 4.43 Å². The maximum absolute atomic E-state index is 5.94. The van der Waals surface area contributed by atoms with Crippen molar-refractivity contribution in [3.8, 4) is 0 Å². The molecule has 0 fully saturated rings. The molecule has 0 bridgehead atoms. The zero-order valence-electron chi connectivity index (χ0n) is 10.9. The maximum atomic E-state index is 5.94. The molecule has 86 valence electrons.